The normalized spacial score (nSPS) is 14.4. The lowest BCUT2D eigenvalue weighted by Gasteiger charge is -2.11. The van der Waals surface area contributed by atoms with Gasteiger partial charge in [-0.05, 0) is 6.42 Å². The fraction of sp³-hybridized carbons (Fsp3) is 0.867. The van der Waals surface area contributed by atoms with Crippen LogP contribution >= 0.6 is 0 Å². The van der Waals surface area contributed by atoms with E-state index < -0.39 is 0 Å². The molecule has 0 fully saturated rings. The summed E-state index contributed by atoms with van der Waals surface area (Å²) in [5.41, 5.74) is 0. The molecule has 0 unspecified atom stereocenters. The molecule has 1 amide bonds. The lowest BCUT2D eigenvalue weighted by atomic mass is 10.1. The molecule has 0 aromatic heterocycles. The van der Waals surface area contributed by atoms with Crippen LogP contribution in [0, 0.1) is 0 Å². The summed E-state index contributed by atoms with van der Waals surface area (Å²) in [6.07, 6.45) is 14.1. The van der Waals surface area contributed by atoms with Gasteiger partial charge in [0, 0.05) is 13.0 Å². The molecule has 0 aromatic carbocycles. The molecular formula is C15H28N2O. The second-order valence-electron chi connectivity index (χ2n) is 5.19. The smallest absolute Gasteiger partial charge is 0.227 e. The maximum atomic E-state index is 11.7. The Kier molecular flexibility index (Phi) is 8.53. The van der Waals surface area contributed by atoms with Gasteiger partial charge in [-0.15, -0.1) is 0 Å². The van der Waals surface area contributed by atoms with Crippen LogP contribution in [0.4, 0.5) is 0 Å². The number of amides is 1. The van der Waals surface area contributed by atoms with Crippen LogP contribution in [-0.2, 0) is 4.79 Å². The Balaban J connectivity index is 1.83. The van der Waals surface area contributed by atoms with E-state index in [0.717, 1.165) is 19.5 Å². The summed E-state index contributed by atoms with van der Waals surface area (Å²) < 4.78 is 0. The second-order valence-corrected chi connectivity index (χ2v) is 5.19. The fourth-order valence-electron chi connectivity index (χ4n) is 2.30. The topological polar surface area (TPSA) is 32.7 Å². The van der Waals surface area contributed by atoms with Gasteiger partial charge in [-0.3, -0.25) is 9.79 Å². The number of hydrogen-bond acceptors (Lipinski definition) is 2. The first kappa shape index (κ1) is 15.2. The van der Waals surface area contributed by atoms with Crippen LogP contribution in [0.25, 0.3) is 0 Å². The molecule has 0 aliphatic carbocycles. The van der Waals surface area contributed by atoms with Crippen molar-refractivity contribution in [3.05, 3.63) is 0 Å². The van der Waals surface area contributed by atoms with E-state index in [-0.39, 0.29) is 5.91 Å². The molecule has 18 heavy (non-hydrogen) atoms. The van der Waals surface area contributed by atoms with Crippen molar-refractivity contribution in [1.29, 1.82) is 0 Å². The third-order valence-electron chi connectivity index (χ3n) is 3.51. The average Bonchev–Trinajstić information content (AvgIpc) is 2.90. The van der Waals surface area contributed by atoms with Crippen molar-refractivity contribution in [2.75, 3.05) is 13.1 Å². The molecule has 1 rings (SSSR count). The lowest BCUT2D eigenvalue weighted by Crippen LogP contribution is -2.27. The SMILES string of the molecule is CCCCCCCCCCCC(=O)N1C=NCC1. The summed E-state index contributed by atoms with van der Waals surface area (Å²) in [4.78, 5) is 17.5. The third-order valence-corrected chi connectivity index (χ3v) is 3.51. The fourth-order valence-corrected chi connectivity index (χ4v) is 2.30. The summed E-state index contributed by atoms with van der Waals surface area (Å²) in [7, 11) is 0. The van der Waals surface area contributed by atoms with E-state index in [1.165, 1.54) is 51.4 Å². The predicted molar refractivity (Wildman–Crippen MR) is 76.9 cm³/mol. The molecule has 1 aliphatic heterocycles. The number of carbonyl (C=O) groups is 1. The van der Waals surface area contributed by atoms with Gasteiger partial charge in [0.1, 0.15) is 0 Å². The standard InChI is InChI=1S/C15H28N2O/c1-2-3-4-5-6-7-8-9-10-11-15(18)17-13-12-16-14-17/h14H,2-13H2,1H3. The van der Waals surface area contributed by atoms with Gasteiger partial charge in [-0.2, -0.15) is 0 Å². The molecule has 0 spiro atoms. The summed E-state index contributed by atoms with van der Waals surface area (Å²) >= 11 is 0. The molecule has 104 valence electrons. The van der Waals surface area contributed by atoms with Crippen LogP contribution in [0.15, 0.2) is 4.99 Å². The minimum Gasteiger partial charge on any atom is -0.301 e. The highest BCUT2D eigenvalue weighted by Gasteiger charge is 2.13. The molecule has 0 saturated heterocycles. The summed E-state index contributed by atoms with van der Waals surface area (Å²) in [5, 5.41) is 0. The molecule has 0 saturated carbocycles. The zero-order valence-electron chi connectivity index (χ0n) is 11.9. The van der Waals surface area contributed by atoms with Crippen molar-refractivity contribution in [2.45, 2.75) is 71.1 Å². The van der Waals surface area contributed by atoms with E-state index >= 15 is 0 Å². The van der Waals surface area contributed by atoms with Crippen LogP contribution in [0.5, 0.6) is 0 Å². The number of nitrogens with zero attached hydrogens (tertiary/aromatic N) is 2. The molecule has 1 aliphatic rings. The minimum absolute atomic E-state index is 0.249. The van der Waals surface area contributed by atoms with Gasteiger partial charge < -0.3 is 4.90 Å². The van der Waals surface area contributed by atoms with Gasteiger partial charge in [0.25, 0.3) is 0 Å². The zero-order valence-corrected chi connectivity index (χ0v) is 11.9. The highest BCUT2D eigenvalue weighted by molar-refractivity contribution is 5.88. The maximum absolute atomic E-state index is 11.7. The quantitative estimate of drug-likeness (QED) is 0.545. The Bertz CT molecular complexity index is 251. The highest BCUT2D eigenvalue weighted by atomic mass is 16.2. The summed E-state index contributed by atoms with van der Waals surface area (Å²) in [6.45, 7) is 3.82. The van der Waals surface area contributed by atoms with Crippen LogP contribution in [0.2, 0.25) is 0 Å². The summed E-state index contributed by atoms with van der Waals surface area (Å²) in [6, 6.07) is 0. The van der Waals surface area contributed by atoms with Gasteiger partial charge in [0.2, 0.25) is 5.91 Å². The van der Waals surface area contributed by atoms with Gasteiger partial charge in [-0.25, -0.2) is 0 Å². The van der Waals surface area contributed by atoms with E-state index in [9.17, 15) is 4.79 Å². The van der Waals surface area contributed by atoms with E-state index in [2.05, 4.69) is 11.9 Å². The molecule has 3 heteroatoms. The van der Waals surface area contributed by atoms with Crippen molar-refractivity contribution in [3.8, 4) is 0 Å². The minimum atomic E-state index is 0.249. The van der Waals surface area contributed by atoms with Gasteiger partial charge in [0.15, 0.2) is 0 Å². The van der Waals surface area contributed by atoms with E-state index in [1.54, 1.807) is 11.2 Å². The molecule has 0 atom stereocenters. The first-order valence-electron chi connectivity index (χ1n) is 7.64. The van der Waals surface area contributed by atoms with Crippen LogP contribution in [0.1, 0.15) is 71.1 Å². The van der Waals surface area contributed by atoms with Crippen LogP contribution in [-0.4, -0.2) is 30.2 Å². The Morgan fingerprint density at radius 3 is 2.22 bits per heavy atom. The van der Waals surface area contributed by atoms with Crippen molar-refractivity contribution >= 4 is 12.2 Å². The molecule has 3 nitrogen and oxygen atoms in total. The molecule has 0 N–H and O–H groups in total. The van der Waals surface area contributed by atoms with Crippen molar-refractivity contribution in [3.63, 3.8) is 0 Å². The highest BCUT2D eigenvalue weighted by Crippen LogP contribution is 2.11. The van der Waals surface area contributed by atoms with E-state index in [1.807, 2.05) is 0 Å². The molecule has 0 radical (unpaired) electrons. The van der Waals surface area contributed by atoms with Gasteiger partial charge in [0.05, 0.1) is 12.9 Å². The number of aliphatic imine (C=N–C) groups is 1. The lowest BCUT2D eigenvalue weighted by molar-refractivity contribution is -0.126. The number of unbranched alkanes of at least 4 members (excludes halogenated alkanes) is 8. The number of hydrogen-bond donors (Lipinski definition) is 0. The predicted octanol–water partition coefficient (Wildman–Crippen LogP) is 3.78. The number of carbonyl (C=O) groups excluding carboxylic acids is 1. The zero-order chi connectivity index (χ0) is 13.1. The Labute approximate surface area is 112 Å². The first-order chi connectivity index (χ1) is 8.84. The van der Waals surface area contributed by atoms with E-state index in [0.29, 0.717) is 6.42 Å². The third kappa shape index (κ3) is 6.77. The Morgan fingerprint density at radius 1 is 1.06 bits per heavy atom. The Morgan fingerprint density at radius 2 is 1.67 bits per heavy atom. The average molecular weight is 252 g/mol. The van der Waals surface area contributed by atoms with Crippen molar-refractivity contribution < 1.29 is 4.79 Å². The molecule has 1 heterocycles. The van der Waals surface area contributed by atoms with E-state index in [4.69, 9.17) is 0 Å². The van der Waals surface area contributed by atoms with Crippen molar-refractivity contribution in [2.24, 2.45) is 4.99 Å². The van der Waals surface area contributed by atoms with Gasteiger partial charge in [-0.1, -0.05) is 58.3 Å². The molecule has 0 aromatic rings. The largest absolute Gasteiger partial charge is 0.301 e. The molecular weight excluding hydrogens is 224 g/mol. The van der Waals surface area contributed by atoms with Gasteiger partial charge >= 0.3 is 0 Å². The van der Waals surface area contributed by atoms with Crippen LogP contribution < -0.4 is 0 Å². The number of rotatable bonds is 10. The monoisotopic (exact) mass is 252 g/mol. The Hall–Kier alpha value is -0.860. The maximum Gasteiger partial charge on any atom is 0.227 e. The van der Waals surface area contributed by atoms with Crippen molar-refractivity contribution in [1.82, 2.24) is 4.90 Å². The molecule has 0 bridgehead atoms. The summed E-state index contributed by atoms with van der Waals surface area (Å²) in [5.74, 6) is 0.249. The second kappa shape index (κ2) is 10.1. The van der Waals surface area contributed by atoms with Crippen LogP contribution in [0.3, 0.4) is 0 Å². The first-order valence-corrected chi connectivity index (χ1v) is 7.64.